The van der Waals surface area contributed by atoms with Crippen molar-refractivity contribution in [1.29, 1.82) is 0 Å². The van der Waals surface area contributed by atoms with Gasteiger partial charge in [-0.3, -0.25) is 9.59 Å². The van der Waals surface area contributed by atoms with Crippen molar-refractivity contribution in [2.75, 3.05) is 12.4 Å². The van der Waals surface area contributed by atoms with Gasteiger partial charge in [0.25, 0.3) is 0 Å². The number of nitrogens with one attached hydrogen (secondary N) is 2. The normalized spacial score (nSPS) is 10.5. The maximum Gasteiger partial charge on any atom is 0.343 e. The number of anilines is 1. The Balaban J connectivity index is 1.67. The first-order valence-electron chi connectivity index (χ1n) is 9.42. The number of ether oxygens (including phenoxy) is 2. The molecule has 0 bridgehead atoms. The lowest BCUT2D eigenvalue weighted by Crippen LogP contribution is -2.32. The highest BCUT2D eigenvalue weighted by atomic mass is 79.9. The minimum atomic E-state index is -0.994. The van der Waals surface area contributed by atoms with Gasteiger partial charge in [-0.25, -0.2) is 10.2 Å². The lowest BCUT2D eigenvalue weighted by molar-refractivity contribution is -0.136. The highest BCUT2D eigenvalue weighted by Crippen LogP contribution is 2.24. The van der Waals surface area contributed by atoms with E-state index in [1.54, 1.807) is 54.6 Å². The van der Waals surface area contributed by atoms with Crippen LogP contribution in [0.3, 0.4) is 0 Å². The number of hydrazone groups is 1. The van der Waals surface area contributed by atoms with E-state index >= 15 is 0 Å². The molecule has 0 spiro atoms. The van der Waals surface area contributed by atoms with Crippen LogP contribution in [-0.2, 0) is 9.59 Å². The van der Waals surface area contributed by atoms with Crippen LogP contribution in [0.15, 0.2) is 76.3 Å². The molecule has 3 aromatic rings. The molecule has 0 heterocycles. The van der Waals surface area contributed by atoms with Crippen LogP contribution in [0.2, 0.25) is 5.02 Å². The smallest absolute Gasteiger partial charge is 0.343 e. The predicted molar refractivity (Wildman–Crippen MR) is 128 cm³/mol. The van der Waals surface area contributed by atoms with Crippen LogP contribution in [0.4, 0.5) is 5.69 Å². The number of carbonyl (C=O) groups is 3. The van der Waals surface area contributed by atoms with Crippen molar-refractivity contribution in [1.82, 2.24) is 5.43 Å². The average Bonchev–Trinajstić information content (AvgIpc) is 2.81. The van der Waals surface area contributed by atoms with Crippen LogP contribution in [0.1, 0.15) is 15.9 Å². The van der Waals surface area contributed by atoms with Gasteiger partial charge in [0, 0.05) is 15.1 Å². The number of hydrogen-bond acceptors (Lipinski definition) is 6. The SMILES string of the molecule is COc1ccccc1NC(=O)C(=O)N/N=C/c1cc(Br)ccc1OC(=O)c1ccc(Cl)cc1. The van der Waals surface area contributed by atoms with Crippen LogP contribution in [0.5, 0.6) is 11.5 Å². The second-order valence-corrected chi connectivity index (χ2v) is 7.78. The molecule has 33 heavy (non-hydrogen) atoms. The third-order valence-electron chi connectivity index (χ3n) is 4.19. The highest BCUT2D eigenvalue weighted by Gasteiger charge is 2.15. The number of benzene rings is 3. The van der Waals surface area contributed by atoms with Gasteiger partial charge in [0.05, 0.1) is 24.6 Å². The summed E-state index contributed by atoms with van der Waals surface area (Å²) < 4.78 is 11.3. The monoisotopic (exact) mass is 529 g/mol. The third kappa shape index (κ3) is 6.64. The third-order valence-corrected chi connectivity index (χ3v) is 4.93. The summed E-state index contributed by atoms with van der Waals surface area (Å²) in [6, 6.07) is 17.8. The average molecular weight is 531 g/mol. The maximum atomic E-state index is 12.4. The van der Waals surface area contributed by atoms with Gasteiger partial charge < -0.3 is 14.8 Å². The number of halogens is 2. The number of rotatable bonds is 6. The summed E-state index contributed by atoms with van der Waals surface area (Å²) in [5.74, 6) is -1.91. The fraction of sp³-hybridized carbons (Fsp3) is 0.0435. The van der Waals surface area contributed by atoms with E-state index in [4.69, 9.17) is 21.1 Å². The number of esters is 1. The molecule has 0 aliphatic carbocycles. The molecule has 0 aliphatic rings. The summed E-state index contributed by atoms with van der Waals surface area (Å²) in [5, 5.41) is 6.73. The number of methoxy groups -OCH3 is 1. The first kappa shape index (κ1) is 24.0. The largest absolute Gasteiger partial charge is 0.495 e. The minimum Gasteiger partial charge on any atom is -0.495 e. The number of hydrogen-bond donors (Lipinski definition) is 2. The van der Waals surface area contributed by atoms with E-state index < -0.39 is 17.8 Å². The topological polar surface area (TPSA) is 106 Å². The van der Waals surface area contributed by atoms with Crippen molar-refractivity contribution in [3.05, 3.63) is 87.4 Å². The zero-order chi connectivity index (χ0) is 23.8. The Bertz CT molecular complexity index is 1210. The van der Waals surface area contributed by atoms with Crippen LogP contribution in [0.25, 0.3) is 0 Å². The first-order chi connectivity index (χ1) is 15.9. The van der Waals surface area contributed by atoms with Gasteiger partial charge in [-0.1, -0.05) is 39.7 Å². The Morgan fingerprint density at radius 3 is 2.42 bits per heavy atom. The van der Waals surface area contributed by atoms with E-state index in [-0.39, 0.29) is 5.75 Å². The van der Waals surface area contributed by atoms with Crippen molar-refractivity contribution in [3.8, 4) is 11.5 Å². The molecule has 8 nitrogen and oxygen atoms in total. The lowest BCUT2D eigenvalue weighted by atomic mass is 10.2. The van der Waals surface area contributed by atoms with Gasteiger partial charge >= 0.3 is 17.8 Å². The van der Waals surface area contributed by atoms with Crippen LogP contribution in [0, 0.1) is 0 Å². The molecule has 10 heteroatoms. The van der Waals surface area contributed by atoms with Gasteiger partial charge in [-0.2, -0.15) is 5.10 Å². The van der Waals surface area contributed by atoms with Gasteiger partial charge in [-0.15, -0.1) is 0 Å². The summed E-state index contributed by atoms with van der Waals surface area (Å²) in [6.45, 7) is 0. The van der Waals surface area contributed by atoms with Crippen molar-refractivity contribution < 1.29 is 23.9 Å². The molecule has 0 aliphatic heterocycles. The van der Waals surface area contributed by atoms with E-state index in [0.29, 0.717) is 32.1 Å². The molecule has 2 amide bonds. The second kappa shape index (κ2) is 11.3. The molecule has 2 N–H and O–H groups in total. The fourth-order valence-corrected chi connectivity index (χ4v) is 3.10. The minimum absolute atomic E-state index is 0.203. The molecule has 0 fully saturated rings. The van der Waals surface area contributed by atoms with Gasteiger partial charge in [0.1, 0.15) is 11.5 Å². The summed E-state index contributed by atoms with van der Waals surface area (Å²) in [5.41, 5.74) is 3.17. The van der Waals surface area contributed by atoms with E-state index in [0.717, 1.165) is 0 Å². The Morgan fingerprint density at radius 1 is 0.970 bits per heavy atom. The van der Waals surface area contributed by atoms with Crippen LogP contribution < -0.4 is 20.2 Å². The molecule has 3 aromatic carbocycles. The second-order valence-electron chi connectivity index (χ2n) is 6.43. The fourth-order valence-electron chi connectivity index (χ4n) is 2.60. The Labute approximate surface area is 202 Å². The maximum absolute atomic E-state index is 12.4. The first-order valence-corrected chi connectivity index (χ1v) is 10.6. The van der Waals surface area contributed by atoms with Gasteiger partial charge in [0.15, 0.2) is 0 Å². The molecule has 0 saturated carbocycles. The molecule has 168 valence electrons. The van der Waals surface area contributed by atoms with Crippen LogP contribution in [-0.4, -0.2) is 31.1 Å². The molecule has 0 aromatic heterocycles. The molecule has 3 rings (SSSR count). The Morgan fingerprint density at radius 2 is 1.70 bits per heavy atom. The van der Waals surface area contributed by atoms with Crippen LogP contribution >= 0.6 is 27.5 Å². The lowest BCUT2D eigenvalue weighted by Gasteiger charge is -2.09. The summed E-state index contributed by atoms with van der Waals surface area (Å²) >= 11 is 9.17. The van der Waals surface area contributed by atoms with Crippen molar-refractivity contribution >= 4 is 57.2 Å². The summed E-state index contributed by atoms with van der Waals surface area (Å²) in [7, 11) is 1.45. The quantitative estimate of drug-likeness (QED) is 0.161. The van der Waals surface area contributed by atoms with E-state index in [2.05, 4.69) is 31.8 Å². The van der Waals surface area contributed by atoms with Gasteiger partial charge in [0.2, 0.25) is 0 Å². The van der Waals surface area contributed by atoms with Crippen molar-refractivity contribution in [3.63, 3.8) is 0 Å². The number of para-hydroxylation sites is 2. The van der Waals surface area contributed by atoms with E-state index in [9.17, 15) is 14.4 Å². The zero-order valence-electron chi connectivity index (χ0n) is 17.2. The van der Waals surface area contributed by atoms with Crippen molar-refractivity contribution in [2.45, 2.75) is 0 Å². The van der Waals surface area contributed by atoms with E-state index in [1.165, 1.54) is 25.5 Å². The summed E-state index contributed by atoms with van der Waals surface area (Å²) in [6.07, 6.45) is 1.25. The predicted octanol–water partition coefficient (Wildman–Crippen LogP) is 4.42. The standard InChI is InChI=1S/C23H17BrClN3O5/c1-32-20-5-3-2-4-18(20)27-21(29)22(30)28-26-13-15-12-16(24)8-11-19(15)33-23(31)14-6-9-17(25)10-7-14/h2-13H,1H3,(H,27,29)(H,28,30)/b26-13+. The van der Waals surface area contributed by atoms with Crippen molar-refractivity contribution in [2.24, 2.45) is 5.10 Å². The van der Waals surface area contributed by atoms with E-state index in [1.807, 2.05) is 0 Å². The summed E-state index contributed by atoms with van der Waals surface area (Å²) in [4.78, 5) is 36.6. The highest BCUT2D eigenvalue weighted by molar-refractivity contribution is 9.10. The van der Waals surface area contributed by atoms with Gasteiger partial charge in [-0.05, 0) is 54.6 Å². The zero-order valence-corrected chi connectivity index (χ0v) is 19.5. The number of carbonyl (C=O) groups excluding carboxylic acids is 3. The molecule has 0 saturated heterocycles. The molecule has 0 atom stereocenters. The molecular formula is C23H17BrClN3O5. The Kier molecular flexibility index (Phi) is 8.17. The molecule has 0 unspecified atom stereocenters. The number of amides is 2. The number of nitrogens with zero attached hydrogens (tertiary/aromatic N) is 1. The molecular weight excluding hydrogens is 514 g/mol. The Hall–Kier alpha value is -3.69. The molecule has 0 radical (unpaired) electrons.